The van der Waals surface area contributed by atoms with Gasteiger partial charge in [-0.1, -0.05) is 62.4 Å². The van der Waals surface area contributed by atoms with Crippen LogP contribution in [0.5, 0.6) is 0 Å². The predicted molar refractivity (Wildman–Crippen MR) is 118 cm³/mol. The highest BCUT2D eigenvalue weighted by Gasteiger charge is 2.55. The third kappa shape index (κ3) is 4.59. The van der Waals surface area contributed by atoms with E-state index in [0.717, 1.165) is 42.6 Å². The number of hydrogen-bond donors (Lipinski definition) is 2. The molecule has 4 amide bonds. The Hall–Kier alpha value is -1.79. The number of urea groups is 1. The van der Waals surface area contributed by atoms with Crippen molar-refractivity contribution >= 4 is 41.0 Å². The number of benzene rings is 1. The third-order valence-corrected chi connectivity index (χ3v) is 6.95. The van der Waals surface area contributed by atoms with Gasteiger partial charge in [-0.3, -0.25) is 14.5 Å². The van der Waals surface area contributed by atoms with Crippen LogP contribution in [0.15, 0.2) is 18.2 Å². The highest BCUT2D eigenvalue weighted by atomic mass is 35.5. The molecule has 3 atom stereocenters. The molecule has 2 aliphatic rings. The third-order valence-electron chi connectivity index (χ3n) is 6.39. The second kappa shape index (κ2) is 9.56. The van der Waals surface area contributed by atoms with Crippen molar-refractivity contribution in [3.8, 4) is 0 Å². The molecule has 3 unspecified atom stereocenters. The molecule has 164 valence electrons. The van der Waals surface area contributed by atoms with Gasteiger partial charge in [0, 0.05) is 22.5 Å². The van der Waals surface area contributed by atoms with Crippen molar-refractivity contribution in [3.63, 3.8) is 0 Å². The number of amides is 4. The summed E-state index contributed by atoms with van der Waals surface area (Å²) in [5, 5.41) is 6.88. The minimum absolute atomic E-state index is 0.0246. The Kier molecular flexibility index (Phi) is 7.30. The first kappa shape index (κ1) is 22.9. The van der Waals surface area contributed by atoms with E-state index in [2.05, 4.69) is 17.6 Å². The Bertz CT molecular complexity index is 832. The van der Waals surface area contributed by atoms with Gasteiger partial charge in [0.1, 0.15) is 12.1 Å². The van der Waals surface area contributed by atoms with E-state index in [-0.39, 0.29) is 30.2 Å². The summed E-state index contributed by atoms with van der Waals surface area (Å²) in [4.78, 5) is 39.1. The van der Waals surface area contributed by atoms with Crippen LogP contribution in [0.3, 0.4) is 0 Å². The lowest BCUT2D eigenvalue weighted by Crippen LogP contribution is -2.54. The van der Waals surface area contributed by atoms with E-state index >= 15 is 0 Å². The fraction of sp³-hybridized carbons (Fsp3) is 0.591. The zero-order valence-electron chi connectivity index (χ0n) is 17.5. The van der Waals surface area contributed by atoms with Gasteiger partial charge in [0.15, 0.2) is 0 Å². The maximum absolute atomic E-state index is 13.0. The molecule has 30 heavy (non-hydrogen) atoms. The number of carbonyl (C=O) groups excluding carboxylic acids is 3. The van der Waals surface area contributed by atoms with Crippen LogP contribution >= 0.6 is 23.2 Å². The molecule has 1 saturated heterocycles. The van der Waals surface area contributed by atoms with Crippen molar-refractivity contribution in [1.82, 2.24) is 15.5 Å². The number of nitrogens with zero attached hydrogens (tertiary/aromatic N) is 1. The van der Waals surface area contributed by atoms with Gasteiger partial charge >= 0.3 is 6.03 Å². The van der Waals surface area contributed by atoms with Gasteiger partial charge in [-0.15, -0.1) is 0 Å². The summed E-state index contributed by atoms with van der Waals surface area (Å²) in [7, 11) is 0. The maximum Gasteiger partial charge on any atom is 0.325 e. The van der Waals surface area contributed by atoms with Gasteiger partial charge in [0.05, 0.1) is 0 Å². The first-order valence-corrected chi connectivity index (χ1v) is 11.4. The minimum atomic E-state index is -0.850. The molecule has 0 aromatic heterocycles. The van der Waals surface area contributed by atoms with E-state index < -0.39 is 11.6 Å². The Morgan fingerprint density at radius 1 is 1.33 bits per heavy atom. The molecule has 1 aliphatic carbocycles. The molecule has 1 aliphatic heterocycles. The molecule has 1 spiro atoms. The van der Waals surface area contributed by atoms with Gasteiger partial charge in [0.2, 0.25) is 5.91 Å². The Balaban J connectivity index is 1.63. The molecule has 6 nitrogen and oxygen atoms in total. The van der Waals surface area contributed by atoms with E-state index in [9.17, 15) is 14.4 Å². The van der Waals surface area contributed by atoms with E-state index in [1.165, 1.54) is 0 Å². The van der Waals surface area contributed by atoms with Gasteiger partial charge < -0.3 is 10.6 Å². The summed E-state index contributed by atoms with van der Waals surface area (Å²) in [5.74, 6) is -0.542. The van der Waals surface area contributed by atoms with E-state index in [1.807, 2.05) is 13.0 Å². The molecule has 0 radical (unpaired) electrons. The van der Waals surface area contributed by atoms with Crippen LogP contribution in [0.25, 0.3) is 0 Å². The Labute approximate surface area is 187 Å². The molecule has 0 bridgehead atoms. The summed E-state index contributed by atoms with van der Waals surface area (Å²) in [6.07, 6.45) is 5.24. The van der Waals surface area contributed by atoms with Crippen molar-refractivity contribution in [2.45, 2.75) is 63.8 Å². The lowest BCUT2D eigenvalue weighted by atomic mass is 9.73. The van der Waals surface area contributed by atoms with Crippen LogP contribution in [-0.2, 0) is 9.59 Å². The second-order valence-electron chi connectivity index (χ2n) is 8.40. The van der Waals surface area contributed by atoms with Crippen LogP contribution in [0, 0.1) is 5.92 Å². The summed E-state index contributed by atoms with van der Waals surface area (Å²) in [6.45, 7) is 4.16. The van der Waals surface area contributed by atoms with Gasteiger partial charge in [-0.25, -0.2) is 4.79 Å². The summed E-state index contributed by atoms with van der Waals surface area (Å²) < 4.78 is 0. The average molecular weight is 454 g/mol. The summed E-state index contributed by atoms with van der Waals surface area (Å²) in [5.41, 5.74) is 0.0742. The van der Waals surface area contributed by atoms with Crippen molar-refractivity contribution in [1.29, 1.82) is 0 Å². The maximum atomic E-state index is 13.0. The van der Waals surface area contributed by atoms with Crippen molar-refractivity contribution in [2.24, 2.45) is 5.92 Å². The molecule has 2 N–H and O–H groups in total. The number of halogens is 2. The predicted octanol–water partition coefficient (Wildman–Crippen LogP) is 4.49. The van der Waals surface area contributed by atoms with Crippen molar-refractivity contribution < 1.29 is 14.4 Å². The van der Waals surface area contributed by atoms with Gasteiger partial charge in [0.25, 0.3) is 5.91 Å². The largest absolute Gasteiger partial charge is 0.354 e. The number of nitrogens with one attached hydrogen (secondary N) is 2. The first-order valence-electron chi connectivity index (χ1n) is 10.6. The van der Waals surface area contributed by atoms with Crippen molar-refractivity contribution in [2.75, 3.05) is 13.1 Å². The van der Waals surface area contributed by atoms with Crippen LogP contribution in [0.4, 0.5) is 4.79 Å². The number of imide groups is 1. The molecule has 2 fully saturated rings. The fourth-order valence-corrected chi connectivity index (χ4v) is 5.19. The summed E-state index contributed by atoms with van der Waals surface area (Å²) in [6, 6.07) is 4.88. The second-order valence-corrected chi connectivity index (χ2v) is 9.24. The normalized spacial score (nSPS) is 24.8. The summed E-state index contributed by atoms with van der Waals surface area (Å²) >= 11 is 12.3. The fourth-order valence-electron chi connectivity index (χ4n) is 4.62. The minimum Gasteiger partial charge on any atom is -0.354 e. The van der Waals surface area contributed by atoms with Crippen LogP contribution in [-0.4, -0.2) is 41.4 Å². The quantitative estimate of drug-likeness (QED) is 0.596. The van der Waals surface area contributed by atoms with E-state index in [1.54, 1.807) is 12.1 Å². The highest BCUT2D eigenvalue weighted by Crippen LogP contribution is 2.38. The molecular formula is C22H29Cl2N3O3. The molecule has 1 heterocycles. The van der Waals surface area contributed by atoms with Gasteiger partial charge in [-0.05, 0) is 42.9 Å². The highest BCUT2D eigenvalue weighted by molar-refractivity contribution is 6.35. The van der Waals surface area contributed by atoms with Crippen molar-refractivity contribution in [3.05, 3.63) is 33.8 Å². The molecule has 8 heteroatoms. The van der Waals surface area contributed by atoms with E-state index in [0.29, 0.717) is 23.0 Å². The zero-order valence-corrected chi connectivity index (χ0v) is 19.0. The SMILES string of the molecule is CCCC(CNC(=O)CN1C(=O)NC2(CCCCC2C)C1=O)c1ccc(Cl)cc1Cl. The molecule has 3 rings (SSSR count). The van der Waals surface area contributed by atoms with E-state index in [4.69, 9.17) is 23.2 Å². The molecular weight excluding hydrogens is 425 g/mol. The average Bonchev–Trinajstić information content (AvgIpc) is 2.93. The van der Waals surface area contributed by atoms with Gasteiger partial charge in [-0.2, -0.15) is 0 Å². The molecule has 1 aromatic rings. The van der Waals surface area contributed by atoms with Crippen LogP contribution in [0.2, 0.25) is 10.0 Å². The monoisotopic (exact) mass is 453 g/mol. The zero-order chi connectivity index (χ0) is 21.9. The number of hydrogen-bond acceptors (Lipinski definition) is 3. The lowest BCUT2D eigenvalue weighted by molar-refractivity contribution is -0.137. The molecule has 1 aromatic carbocycles. The Morgan fingerprint density at radius 2 is 2.10 bits per heavy atom. The topological polar surface area (TPSA) is 78.5 Å². The van der Waals surface area contributed by atoms with Crippen LogP contribution < -0.4 is 10.6 Å². The number of carbonyl (C=O) groups is 3. The lowest BCUT2D eigenvalue weighted by Gasteiger charge is -2.36. The van der Waals surface area contributed by atoms with Crippen LogP contribution in [0.1, 0.15) is 63.9 Å². The number of rotatable bonds is 7. The first-order chi connectivity index (χ1) is 14.3. The molecule has 1 saturated carbocycles. The standard InChI is InChI=1S/C22H29Cl2N3O3/c1-3-6-15(17-9-8-16(23)11-18(17)24)12-25-19(28)13-27-20(29)22(26-21(27)30)10-5-4-7-14(22)2/h8-9,11,14-15H,3-7,10,12-13H2,1-2H3,(H,25,28)(H,26,30). The Morgan fingerprint density at radius 3 is 2.77 bits per heavy atom. The smallest absolute Gasteiger partial charge is 0.325 e.